The van der Waals surface area contributed by atoms with E-state index < -0.39 is 5.97 Å². The number of phenols is 1. The molecule has 7 heteroatoms. The van der Waals surface area contributed by atoms with E-state index in [1.807, 2.05) is 0 Å². The van der Waals surface area contributed by atoms with Gasteiger partial charge >= 0.3 is 5.97 Å². The van der Waals surface area contributed by atoms with E-state index in [2.05, 4.69) is 4.98 Å². The molecule has 0 atom stereocenters. The lowest BCUT2D eigenvalue weighted by Gasteiger charge is -2.07. The Hall–Kier alpha value is -2.73. The summed E-state index contributed by atoms with van der Waals surface area (Å²) >= 11 is 5.91. The second-order valence-corrected chi connectivity index (χ2v) is 5.24. The smallest absolute Gasteiger partial charge is 0.342 e. The van der Waals surface area contributed by atoms with Gasteiger partial charge in [-0.15, -0.1) is 0 Å². The molecule has 0 aliphatic heterocycles. The van der Waals surface area contributed by atoms with E-state index in [0.717, 1.165) is 0 Å². The first-order valence-electron chi connectivity index (χ1n) is 6.74. The molecule has 118 valence electrons. The van der Waals surface area contributed by atoms with Crippen molar-refractivity contribution in [3.8, 4) is 11.5 Å². The average molecular weight is 333 g/mol. The molecular formula is C16H13ClN2O4. The zero-order chi connectivity index (χ0) is 16.4. The summed E-state index contributed by atoms with van der Waals surface area (Å²) < 4.78 is 12.0. The molecule has 1 aromatic carbocycles. The molecule has 0 aliphatic carbocycles. The van der Waals surface area contributed by atoms with Crippen LogP contribution in [0.25, 0.3) is 5.65 Å². The Bertz CT molecular complexity index is 876. The third-order valence-electron chi connectivity index (χ3n) is 3.24. The Labute approximate surface area is 136 Å². The standard InChI is InChI=1S/C16H13ClN2O4/c1-22-12-3-4-14(20)13(6-12)16(21)23-9-11-8-19-7-10(17)2-5-15(19)18-11/h2-8,20H,9H2,1H3. The zero-order valence-electron chi connectivity index (χ0n) is 12.2. The molecule has 1 N–H and O–H groups in total. The Balaban J connectivity index is 1.75. The highest BCUT2D eigenvalue weighted by molar-refractivity contribution is 6.30. The lowest BCUT2D eigenvalue weighted by molar-refractivity contribution is 0.0464. The molecular weight excluding hydrogens is 320 g/mol. The largest absolute Gasteiger partial charge is 0.507 e. The molecule has 6 nitrogen and oxygen atoms in total. The van der Waals surface area contributed by atoms with Crippen LogP contribution in [0.4, 0.5) is 0 Å². The molecule has 0 aliphatic rings. The topological polar surface area (TPSA) is 73.1 Å². The lowest BCUT2D eigenvalue weighted by Crippen LogP contribution is -2.06. The van der Waals surface area contributed by atoms with Crippen LogP contribution in [0.5, 0.6) is 11.5 Å². The molecule has 0 saturated carbocycles. The number of fused-ring (bicyclic) bond motifs is 1. The van der Waals surface area contributed by atoms with Gasteiger partial charge in [0.05, 0.1) is 17.8 Å². The molecule has 0 amide bonds. The monoisotopic (exact) mass is 332 g/mol. The molecule has 0 fully saturated rings. The van der Waals surface area contributed by atoms with Gasteiger partial charge in [-0.05, 0) is 30.3 Å². The normalized spacial score (nSPS) is 10.7. The maximum Gasteiger partial charge on any atom is 0.342 e. The van der Waals surface area contributed by atoms with Gasteiger partial charge in [0, 0.05) is 12.4 Å². The van der Waals surface area contributed by atoms with Crippen LogP contribution >= 0.6 is 11.6 Å². The van der Waals surface area contributed by atoms with Crippen molar-refractivity contribution in [1.82, 2.24) is 9.38 Å². The number of hydrogen-bond donors (Lipinski definition) is 1. The van der Waals surface area contributed by atoms with Crippen molar-refractivity contribution in [3.05, 3.63) is 59.0 Å². The van der Waals surface area contributed by atoms with Crippen molar-refractivity contribution in [1.29, 1.82) is 0 Å². The van der Waals surface area contributed by atoms with Gasteiger partial charge in [-0.1, -0.05) is 11.6 Å². The lowest BCUT2D eigenvalue weighted by atomic mass is 10.2. The van der Waals surface area contributed by atoms with Crippen molar-refractivity contribution in [2.75, 3.05) is 7.11 Å². The van der Waals surface area contributed by atoms with Crippen LogP contribution in [0.1, 0.15) is 16.1 Å². The fourth-order valence-electron chi connectivity index (χ4n) is 2.11. The summed E-state index contributed by atoms with van der Waals surface area (Å²) in [5, 5.41) is 10.3. The van der Waals surface area contributed by atoms with Gasteiger partial charge < -0.3 is 19.0 Å². The van der Waals surface area contributed by atoms with Gasteiger partial charge in [-0.25, -0.2) is 9.78 Å². The molecule has 23 heavy (non-hydrogen) atoms. The van der Waals surface area contributed by atoms with Crippen LogP contribution in [-0.4, -0.2) is 27.6 Å². The molecule has 2 heterocycles. The molecule has 0 spiro atoms. The quantitative estimate of drug-likeness (QED) is 0.743. The number of nitrogens with zero attached hydrogens (tertiary/aromatic N) is 2. The summed E-state index contributed by atoms with van der Waals surface area (Å²) in [5.41, 5.74) is 1.31. The highest BCUT2D eigenvalue weighted by atomic mass is 35.5. The van der Waals surface area contributed by atoms with Crippen LogP contribution in [0.2, 0.25) is 5.02 Å². The fraction of sp³-hybridized carbons (Fsp3) is 0.125. The predicted molar refractivity (Wildman–Crippen MR) is 84.0 cm³/mol. The van der Waals surface area contributed by atoms with Gasteiger partial charge in [0.2, 0.25) is 0 Å². The van der Waals surface area contributed by atoms with Crippen LogP contribution in [0, 0.1) is 0 Å². The van der Waals surface area contributed by atoms with E-state index in [1.54, 1.807) is 35.0 Å². The van der Waals surface area contributed by atoms with Gasteiger partial charge in [0.1, 0.15) is 29.3 Å². The number of aromatic nitrogens is 2. The van der Waals surface area contributed by atoms with Crippen molar-refractivity contribution >= 4 is 23.2 Å². The van der Waals surface area contributed by atoms with E-state index in [-0.39, 0.29) is 17.9 Å². The first-order valence-corrected chi connectivity index (χ1v) is 7.12. The van der Waals surface area contributed by atoms with E-state index in [9.17, 15) is 9.90 Å². The third-order valence-corrected chi connectivity index (χ3v) is 3.46. The summed E-state index contributed by atoms with van der Waals surface area (Å²) in [4.78, 5) is 16.4. The maximum absolute atomic E-state index is 12.1. The number of aromatic hydroxyl groups is 1. The zero-order valence-corrected chi connectivity index (χ0v) is 12.9. The van der Waals surface area contributed by atoms with Crippen molar-refractivity contribution in [2.24, 2.45) is 0 Å². The maximum atomic E-state index is 12.1. The minimum absolute atomic E-state index is 0.0191. The number of carbonyl (C=O) groups excluding carboxylic acids is 1. The minimum Gasteiger partial charge on any atom is -0.507 e. The van der Waals surface area contributed by atoms with Crippen LogP contribution in [-0.2, 0) is 11.3 Å². The van der Waals surface area contributed by atoms with Gasteiger partial charge in [0.25, 0.3) is 0 Å². The highest BCUT2D eigenvalue weighted by Gasteiger charge is 2.15. The first-order chi connectivity index (χ1) is 11.1. The Morgan fingerprint density at radius 2 is 2.13 bits per heavy atom. The van der Waals surface area contributed by atoms with Gasteiger partial charge in [-0.2, -0.15) is 0 Å². The number of pyridine rings is 1. The number of rotatable bonds is 4. The van der Waals surface area contributed by atoms with Gasteiger partial charge in [-0.3, -0.25) is 0 Å². The molecule has 3 aromatic rings. The minimum atomic E-state index is -0.656. The number of imidazole rings is 1. The summed E-state index contributed by atoms with van der Waals surface area (Å²) in [5.74, 6) is -0.369. The van der Waals surface area contributed by atoms with E-state index in [1.165, 1.54) is 19.2 Å². The molecule has 2 aromatic heterocycles. The average Bonchev–Trinajstić information content (AvgIpc) is 2.95. The number of benzene rings is 1. The molecule has 0 unspecified atom stereocenters. The molecule has 0 saturated heterocycles. The summed E-state index contributed by atoms with van der Waals surface area (Å²) in [6.45, 7) is -0.0191. The van der Waals surface area contributed by atoms with E-state index in [0.29, 0.717) is 22.1 Å². The van der Waals surface area contributed by atoms with Crippen molar-refractivity contribution in [3.63, 3.8) is 0 Å². The van der Waals surface area contributed by atoms with Crippen LogP contribution < -0.4 is 4.74 Å². The number of methoxy groups -OCH3 is 1. The van der Waals surface area contributed by atoms with E-state index >= 15 is 0 Å². The number of hydrogen-bond acceptors (Lipinski definition) is 5. The SMILES string of the molecule is COc1ccc(O)c(C(=O)OCc2cn3cc(Cl)ccc3n2)c1. The molecule has 0 bridgehead atoms. The van der Waals surface area contributed by atoms with Crippen molar-refractivity contribution in [2.45, 2.75) is 6.61 Å². The number of esters is 1. The number of ether oxygens (including phenoxy) is 2. The summed E-state index contributed by atoms with van der Waals surface area (Å²) in [6, 6.07) is 7.84. The number of carbonyl (C=O) groups is 1. The Morgan fingerprint density at radius 3 is 2.91 bits per heavy atom. The summed E-state index contributed by atoms with van der Waals surface area (Å²) in [7, 11) is 1.48. The van der Waals surface area contributed by atoms with Gasteiger partial charge in [0.15, 0.2) is 0 Å². The molecule has 3 rings (SSSR count). The third kappa shape index (κ3) is 3.22. The molecule has 0 radical (unpaired) electrons. The summed E-state index contributed by atoms with van der Waals surface area (Å²) in [6.07, 6.45) is 3.43. The second-order valence-electron chi connectivity index (χ2n) is 4.80. The fourth-order valence-corrected chi connectivity index (χ4v) is 2.28. The highest BCUT2D eigenvalue weighted by Crippen LogP contribution is 2.24. The Kier molecular flexibility index (Phi) is 4.08. The number of phenolic OH excluding ortho intramolecular Hbond substituents is 1. The van der Waals surface area contributed by atoms with Crippen LogP contribution in [0.3, 0.4) is 0 Å². The second kappa shape index (κ2) is 6.18. The van der Waals surface area contributed by atoms with Crippen molar-refractivity contribution < 1.29 is 19.4 Å². The predicted octanol–water partition coefficient (Wildman–Crippen LogP) is 3.06. The Morgan fingerprint density at radius 1 is 1.30 bits per heavy atom. The number of halogens is 1. The van der Waals surface area contributed by atoms with Crippen LogP contribution in [0.15, 0.2) is 42.7 Å². The first kappa shape index (κ1) is 15.2. The van der Waals surface area contributed by atoms with E-state index in [4.69, 9.17) is 21.1 Å².